The molecule has 2 aliphatic heterocycles. The molecule has 1 atom stereocenters. The Morgan fingerprint density at radius 2 is 1.81 bits per heavy atom. The molecule has 0 bridgehead atoms. The number of nitrogens with zero attached hydrogens (tertiary/aromatic N) is 4. The summed E-state index contributed by atoms with van der Waals surface area (Å²) in [5.41, 5.74) is 0.329. The van der Waals surface area contributed by atoms with Gasteiger partial charge in [0.25, 0.3) is 5.91 Å². The summed E-state index contributed by atoms with van der Waals surface area (Å²) in [5, 5.41) is 3.00. The molecule has 1 aromatic carbocycles. The number of amides is 5. The van der Waals surface area contributed by atoms with Crippen LogP contribution in [0.25, 0.3) is 0 Å². The quantitative estimate of drug-likeness (QED) is 0.407. The molecule has 0 radical (unpaired) electrons. The highest BCUT2D eigenvalue weighted by atomic mass is 19.4. The van der Waals surface area contributed by atoms with Crippen molar-refractivity contribution in [2.45, 2.75) is 64.6 Å². The summed E-state index contributed by atoms with van der Waals surface area (Å²) in [5.74, 6) is -0.287. The fraction of sp³-hybridized carbons (Fsp3) is 0.452. The molecular formula is C31H36F3N5O3. The van der Waals surface area contributed by atoms with E-state index in [0.29, 0.717) is 42.8 Å². The second-order valence-corrected chi connectivity index (χ2v) is 10.8. The number of nitrogens with one attached hydrogen (secondary N) is 1. The van der Waals surface area contributed by atoms with Gasteiger partial charge in [-0.15, -0.1) is 0 Å². The first-order valence-corrected chi connectivity index (χ1v) is 14.6. The average Bonchev–Trinajstić information content (AvgIpc) is 3.42. The third-order valence-electron chi connectivity index (χ3n) is 8.23. The zero-order chi connectivity index (χ0) is 30.0. The molecule has 224 valence electrons. The van der Waals surface area contributed by atoms with Gasteiger partial charge in [0.2, 0.25) is 0 Å². The van der Waals surface area contributed by atoms with Crippen LogP contribution in [0.2, 0.25) is 0 Å². The summed E-state index contributed by atoms with van der Waals surface area (Å²) < 4.78 is 41.4. The lowest BCUT2D eigenvalue weighted by molar-refractivity contribution is -0.137. The van der Waals surface area contributed by atoms with Crippen LogP contribution in [-0.4, -0.2) is 60.0 Å². The van der Waals surface area contributed by atoms with Crippen molar-refractivity contribution in [1.82, 2.24) is 15.1 Å². The maximum atomic E-state index is 14.3. The smallest absolute Gasteiger partial charge is 0.350 e. The number of rotatable bonds is 7. The zero-order valence-corrected chi connectivity index (χ0v) is 23.9. The molecule has 5 rings (SSSR count). The van der Waals surface area contributed by atoms with Crippen LogP contribution in [0.3, 0.4) is 0 Å². The van der Waals surface area contributed by atoms with Gasteiger partial charge in [-0.1, -0.05) is 25.2 Å². The third-order valence-corrected chi connectivity index (χ3v) is 8.23. The second-order valence-electron chi connectivity index (χ2n) is 10.8. The standard InChI is InChI=1S/C31H36F3N5O3/c1-3-36-17-9-14-25(36)20-35-28(40)21-10-8-13-24(18-21)39-29(41)37(4-2)26-16-15-22(31(32,33)34)19-27(26)38(30(39)42)23-11-6-5-7-12-23/h6,10-12,15-16,18-19,25H,3-5,7-9,13-14,17,20H2,1-2H3,(H,35,40). The first-order valence-electron chi connectivity index (χ1n) is 14.6. The van der Waals surface area contributed by atoms with Gasteiger partial charge in [-0.3, -0.25) is 19.5 Å². The molecule has 1 aromatic rings. The van der Waals surface area contributed by atoms with Gasteiger partial charge in [0.05, 0.1) is 16.9 Å². The Morgan fingerprint density at radius 1 is 1.00 bits per heavy atom. The van der Waals surface area contributed by atoms with E-state index in [9.17, 15) is 27.6 Å². The van der Waals surface area contributed by atoms with Crippen LogP contribution in [0.5, 0.6) is 0 Å². The van der Waals surface area contributed by atoms with Crippen molar-refractivity contribution in [1.29, 1.82) is 0 Å². The first-order chi connectivity index (χ1) is 20.1. The third kappa shape index (κ3) is 5.74. The second kappa shape index (κ2) is 12.2. The number of benzene rings is 1. The van der Waals surface area contributed by atoms with Crippen LogP contribution in [0.4, 0.5) is 34.1 Å². The summed E-state index contributed by atoms with van der Waals surface area (Å²) in [6.07, 6.45) is 8.17. The van der Waals surface area contributed by atoms with Crippen molar-refractivity contribution in [3.8, 4) is 0 Å². The van der Waals surface area contributed by atoms with Crippen molar-refractivity contribution in [3.63, 3.8) is 0 Å². The lowest BCUT2D eigenvalue weighted by Gasteiger charge is -2.31. The maximum Gasteiger partial charge on any atom is 0.416 e. The lowest BCUT2D eigenvalue weighted by atomic mass is 10.0. The number of imide groups is 1. The van der Waals surface area contributed by atoms with Crippen LogP contribution in [0, 0.1) is 0 Å². The normalized spacial score (nSPS) is 21.6. The van der Waals surface area contributed by atoms with Gasteiger partial charge in [0.15, 0.2) is 0 Å². The Kier molecular flexibility index (Phi) is 8.58. The van der Waals surface area contributed by atoms with E-state index >= 15 is 0 Å². The van der Waals surface area contributed by atoms with E-state index < -0.39 is 23.8 Å². The number of hydrogen-bond donors (Lipinski definition) is 1. The van der Waals surface area contributed by atoms with E-state index in [1.165, 1.54) is 15.9 Å². The molecule has 2 heterocycles. The Labute approximate surface area is 243 Å². The van der Waals surface area contributed by atoms with Crippen molar-refractivity contribution in [2.75, 3.05) is 36.0 Å². The van der Waals surface area contributed by atoms with Crippen LogP contribution in [0.15, 0.2) is 65.5 Å². The highest BCUT2D eigenvalue weighted by Crippen LogP contribution is 2.42. The molecule has 5 amide bonds. The molecule has 0 aromatic heterocycles. The number of anilines is 2. The number of fused-ring (bicyclic) bond motifs is 1. The van der Waals surface area contributed by atoms with E-state index in [1.807, 2.05) is 6.08 Å². The van der Waals surface area contributed by atoms with Gasteiger partial charge in [-0.2, -0.15) is 13.2 Å². The molecule has 0 saturated carbocycles. The highest BCUT2D eigenvalue weighted by molar-refractivity contribution is 6.16. The zero-order valence-electron chi connectivity index (χ0n) is 23.9. The predicted octanol–water partition coefficient (Wildman–Crippen LogP) is 6.33. The number of hydrogen-bond acceptors (Lipinski definition) is 4. The minimum Gasteiger partial charge on any atom is -0.350 e. The number of likely N-dealkylation sites (tertiary alicyclic amines) is 1. The molecule has 4 aliphatic rings. The molecule has 1 N–H and O–H groups in total. The number of allylic oxidation sites excluding steroid dienone is 5. The highest BCUT2D eigenvalue weighted by Gasteiger charge is 2.42. The van der Waals surface area contributed by atoms with Gasteiger partial charge < -0.3 is 5.32 Å². The first kappa shape index (κ1) is 29.6. The van der Waals surface area contributed by atoms with Crippen LogP contribution in [-0.2, 0) is 11.0 Å². The monoisotopic (exact) mass is 583 g/mol. The molecule has 2 aliphatic carbocycles. The molecule has 1 saturated heterocycles. The molecular weight excluding hydrogens is 547 g/mol. The summed E-state index contributed by atoms with van der Waals surface area (Å²) in [4.78, 5) is 47.3. The molecule has 42 heavy (non-hydrogen) atoms. The molecule has 1 unspecified atom stereocenters. The van der Waals surface area contributed by atoms with Gasteiger partial charge in [-0.05, 0) is 88.9 Å². The topological polar surface area (TPSA) is 76.2 Å². The van der Waals surface area contributed by atoms with E-state index in [0.717, 1.165) is 49.4 Å². The minimum atomic E-state index is -4.64. The SMILES string of the molecule is CCN1C(=O)N(C2=CC(C(=O)NCC3CCCN3CC)=CCC2)C(=O)N(C2=CCCC=C2)c2cc(C(F)(F)F)ccc21. The Morgan fingerprint density at radius 3 is 2.50 bits per heavy atom. The Hall–Kier alpha value is -3.86. The average molecular weight is 584 g/mol. The number of likely N-dealkylation sites (N-methyl/N-ethyl adjacent to an activating group) is 1. The van der Waals surface area contributed by atoms with Crippen molar-refractivity contribution in [3.05, 3.63) is 71.1 Å². The van der Waals surface area contributed by atoms with E-state index in [4.69, 9.17) is 0 Å². The van der Waals surface area contributed by atoms with Gasteiger partial charge >= 0.3 is 18.2 Å². The van der Waals surface area contributed by atoms with E-state index in [-0.39, 0.29) is 29.9 Å². The predicted molar refractivity (Wildman–Crippen MR) is 155 cm³/mol. The Balaban J connectivity index is 1.51. The minimum absolute atomic E-state index is 0.0210. The summed E-state index contributed by atoms with van der Waals surface area (Å²) in [6, 6.07) is 1.90. The molecule has 11 heteroatoms. The lowest BCUT2D eigenvalue weighted by Crippen LogP contribution is -2.48. The number of carbonyl (C=O) groups excluding carboxylic acids is 3. The summed E-state index contributed by atoms with van der Waals surface area (Å²) in [7, 11) is 0. The van der Waals surface area contributed by atoms with Crippen molar-refractivity contribution >= 4 is 29.3 Å². The number of halogens is 3. The maximum absolute atomic E-state index is 14.3. The van der Waals surface area contributed by atoms with Crippen LogP contribution < -0.4 is 15.1 Å². The molecule has 0 spiro atoms. The molecule has 8 nitrogen and oxygen atoms in total. The van der Waals surface area contributed by atoms with Gasteiger partial charge in [-0.25, -0.2) is 14.5 Å². The number of urea groups is 2. The number of alkyl halides is 3. The van der Waals surface area contributed by atoms with Crippen molar-refractivity contribution in [2.24, 2.45) is 0 Å². The fourth-order valence-electron chi connectivity index (χ4n) is 6.06. The Bertz CT molecular complexity index is 1380. The largest absolute Gasteiger partial charge is 0.416 e. The van der Waals surface area contributed by atoms with Gasteiger partial charge in [0.1, 0.15) is 0 Å². The fourth-order valence-corrected chi connectivity index (χ4v) is 6.06. The van der Waals surface area contributed by atoms with Gasteiger partial charge in [0, 0.05) is 36.1 Å². The number of carbonyl (C=O) groups is 3. The van der Waals surface area contributed by atoms with E-state index in [1.54, 1.807) is 31.2 Å². The molecule has 1 fully saturated rings. The van der Waals surface area contributed by atoms with Crippen LogP contribution >= 0.6 is 0 Å². The van der Waals surface area contributed by atoms with Crippen molar-refractivity contribution < 1.29 is 27.6 Å². The summed E-state index contributed by atoms with van der Waals surface area (Å²) in [6.45, 7) is 6.34. The summed E-state index contributed by atoms with van der Waals surface area (Å²) >= 11 is 0. The van der Waals surface area contributed by atoms with Crippen LogP contribution in [0.1, 0.15) is 57.9 Å². The van der Waals surface area contributed by atoms with E-state index in [2.05, 4.69) is 17.1 Å².